The summed E-state index contributed by atoms with van der Waals surface area (Å²) in [6, 6.07) is 4.39. The molecule has 1 atom stereocenters. The molecule has 1 aliphatic rings. The predicted octanol–water partition coefficient (Wildman–Crippen LogP) is 2.25. The van der Waals surface area contributed by atoms with Gasteiger partial charge in [-0.25, -0.2) is 0 Å². The molecule has 19 heavy (non-hydrogen) atoms. The van der Waals surface area contributed by atoms with Gasteiger partial charge in [0, 0.05) is 11.4 Å². The Morgan fingerprint density at radius 2 is 2.47 bits per heavy atom. The lowest BCUT2D eigenvalue weighted by molar-refractivity contribution is -0.136. The molecule has 2 aromatic heterocycles. The molecule has 0 spiro atoms. The highest BCUT2D eigenvalue weighted by atomic mass is 32.2. The summed E-state index contributed by atoms with van der Waals surface area (Å²) in [6.07, 6.45) is 1.06. The standard InChI is InChI=1S/C11H12N4OS3/c12-10-13-14-11(19-10)18-6-9(16)15-4-3-7(15)8-2-1-5-17-8/h1-2,5,7H,3-4,6H2,(H2,12,13). The number of hydrogen-bond acceptors (Lipinski definition) is 7. The number of nitrogens with zero attached hydrogens (tertiary/aromatic N) is 3. The van der Waals surface area contributed by atoms with Gasteiger partial charge in [0.25, 0.3) is 0 Å². The molecular weight excluding hydrogens is 300 g/mol. The lowest BCUT2D eigenvalue weighted by Gasteiger charge is -2.40. The second kappa shape index (κ2) is 5.48. The number of hydrogen-bond donors (Lipinski definition) is 1. The first-order valence-corrected chi connectivity index (χ1v) is 8.47. The van der Waals surface area contributed by atoms with Gasteiger partial charge in [0.1, 0.15) is 0 Å². The molecule has 0 saturated carbocycles. The Balaban J connectivity index is 1.56. The molecule has 1 unspecified atom stereocenters. The summed E-state index contributed by atoms with van der Waals surface area (Å²) in [5.41, 5.74) is 5.51. The SMILES string of the molecule is Nc1nnc(SCC(=O)N2CCC2c2cccs2)s1. The van der Waals surface area contributed by atoms with Gasteiger partial charge in [0.2, 0.25) is 11.0 Å². The number of likely N-dealkylation sites (tertiary alicyclic amines) is 1. The molecule has 100 valence electrons. The van der Waals surface area contributed by atoms with Gasteiger partial charge in [-0.05, 0) is 17.9 Å². The second-order valence-corrected chi connectivity index (χ2v) is 7.31. The summed E-state index contributed by atoms with van der Waals surface area (Å²) >= 11 is 4.43. The van der Waals surface area contributed by atoms with E-state index in [1.807, 2.05) is 11.0 Å². The number of anilines is 1. The van der Waals surface area contributed by atoms with Gasteiger partial charge in [-0.2, -0.15) is 0 Å². The molecular formula is C11H12N4OS3. The highest BCUT2D eigenvalue weighted by Crippen LogP contribution is 2.36. The molecule has 0 aromatic carbocycles. The summed E-state index contributed by atoms with van der Waals surface area (Å²) < 4.78 is 0.749. The van der Waals surface area contributed by atoms with Gasteiger partial charge in [-0.1, -0.05) is 29.2 Å². The zero-order valence-electron chi connectivity index (χ0n) is 9.98. The van der Waals surface area contributed by atoms with Crippen molar-refractivity contribution in [3.63, 3.8) is 0 Å². The summed E-state index contributed by atoms with van der Waals surface area (Å²) in [5.74, 6) is 0.555. The molecule has 2 N–H and O–H groups in total. The van der Waals surface area contributed by atoms with E-state index in [0.29, 0.717) is 10.9 Å². The largest absolute Gasteiger partial charge is 0.374 e. The van der Waals surface area contributed by atoms with Crippen LogP contribution in [0.2, 0.25) is 0 Å². The highest BCUT2D eigenvalue weighted by molar-refractivity contribution is 8.01. The number of nitrogen functional groups attached to an aromatic ring is 1. The maximum atomic E-state index is 12.1. The average molecular weight is 312 g/mol. The average Bonchev–Trinajstić information content (AvgIpc) is 2.97. The van der Waals surface area contributed by atoms with Crippen LogP contribution < -0.4 is 5.73 Å². The first-order valence-electron chi connectivity index (χ1n) is 5.78. The number of rotatable bonds is 4. The number of carbonyl (C=O) groups is 1. The molecule has 5 nitrogen and oxygen atoms in total. The first kappa shape index (κ1) is 12.9. The van der Waals surface area contributed by atoms with E-state index in [9.17, 15) is 4.79 Å². The van der Waals surface area contributed by atoms with Crippen LogP contribution in [0.25, 0.3) is 0 Å². The fourth-order valence-electron chi connectivity index (χ4n) is 1.95. The molecule has 1 saturated heterocycles. The Bertz CT molecular complexity index is 568. The van der Waals surface area contributed by atoms with Crippen molar-refractivity contribution < 1.29 is 4.79 Å². The third-order valence-corrected chi connectivity index (χ3v) is 5.80. The van der Waals surface area contributed by atoms with E-state index in [4.69, 9.17) is 5.73 Å². The quantitative estimate of drug-likeness (QED) is 0.877. The molecule has 1 aliphatic heterocycles. The van der Waals surface area contributed by atoms with Crippen LogP contribution in [0, 0.1) is 0 Å². The van der Waals surface area contributed by atoms with Crippen molar-refractivity contribution in [2.45, 2.75) is 16.8 Å². The zero-order valence-corrected chi connectivity index (χ0v) is 12.4. The van der Waals surface area contributed by atoms with Gasteiger partial charge in [-0.15, -0.1) is 21.5 Å². The minimum atomic E-state index is 0.156. The van der Waals surface area contributed by atoms with Crippen LogP contribution in [0.3, 0.4) is 0 Å². The monoisotopic (exact) mass is 312 g/mol. The maximum absolute atomic E-state index is 12.1. The molecule has 2 aromatic rings. The molecule has 3 rings (SSSR count). The van der Waals surface area contributed by atoms with E-state index >= 15 is 0 Å². The zero-order chi connectivity index (χ0) is 13.2. The van der Waals surface area contributed by atoms with Crippen LogP contribution in [0.5, 0.6) is 0 Å². The molecule has 0 radical (unpaired) electrons. The lowest BCUT2D eigenvalue weighted by Crippen LogP contribution is -2.45. The van der Waals surface area contributed by atoms with E-state index in [1.165, 1.54) is 28.0 Å². The Labute approximate surface area is 122 Å². The van der Waals surface area contributed by atoms with Gasteiger partial charge in [0.05, 0.1) is 11.8 Å². The van der Waals surface area contributed by atoms with Crippen LogP contribution in [0.1, 0.15) is 17.3 Å². The van der Waals surface area contributed by atoms with Crippen molar-refractivity contribution in [3.8, 4) is 0 Å². The Morgan fingerprint density at radius 1 is 1.58 bits per heavy atom. The molecule has 0 aliphatic carbocycles. The van der Waals surface area contributed by atoms with Gasteiger partial charge in [0.15, 0.2) is 4.34 Å². The lowest BCUT2D eigenvalue weighted by atomic mass is 10.0. The molecule has 3 heterocycles. The summed E-state index contributed by atoms with van der Waals surface area (Å²) in [7, 11) is 0. The summed E-state index contributed by atoms with van der Waals surface area (Å²) in [5, 5.41) is 10.1. The number of thioether (sulfide) groups is 1. The predicted molar refractivity (Wildman–Crippen MR) is 78.4 cm³/mol. The third kappa shape index (κ3) is 2.75. The topological polar surface area (TPSA) is 72.1 Å². The van der Waals surface area contributed by atoms with Crippen molar-refractivity contribution in [1.82, 2.24) is 15.1 Å². The third-order valence-electron chi connectivity index (χ3n) is 2.95. The smallest absolute Gasteiger partial charge is 0.233 e. The minimum Gasteiger partial charge on any atom is -0.374 e. The number of carbonyl (C=O) groups excluding carboxylic acids is 1. The minimum absolute atomic E-state index is 0.156. The summed E-state index contributed by atoms with van der Waals surface area (Å²) in [4.78, 5) is 15.3. The van der Waals surface area contributed by atoms with E-state index in [2.05, 4.69) is 21.6 Å². The molecule has 1 amide bonds. The Morgan fingerprint density at radius 3 is 3.05 bits per heavy atom. The Kier molecular flexibility index (Phi) is 3.72. The Hall–Kier alpha value is -1.12. The van der Waals surface area contributed by atoms with Crippen LogP contribution in [-0.4, -0.2) is 33.3 Å². The summed E-state index contributed by atoms with van der Waals surface area (Å²) in [6.45, 7) is 0.847. The number of thiophene rings is 1. The molecule has 0 bridgehead atoms. The maximum Gasteiger partial charge on any atom is 0.233 e. The van der Waals surface area contributed by atoms with Crippen molar-refractivity contribution in [1.29, 1.82) is 0 Å². The number of aromatic nitrogens is 2. The van der Waals surface area contributed by atoms with Crippen molar-refractivity contribution in [3.05, 3.63) is 22.4 Å². The van der Waals surface area contributed by atoms with Gasteiger partial charge in [-0.3, -0.25) is 4.79 Å². The van der Waals surface area contributed by atoms with E-state index < -0.39 is 0 Å². The number of nitrogens with two attached hydrogens (primary N) is 1. The van der Waals surface area contributed by atoms with Gasteiger partial charge >= 0.3 is 0 Å². The van der Waals surface area contributed by atoms with Crippen LogP contribution >= 0.6 is 34.4 Å². The van der Waals surface area contributed by atoms with E-state index in [0.717, 1.165) is 17.3 Å². The van der Waals surface area contributed by atoms with E-state index in [-0.39, 0.29) is 11.9 Å². The van der Waals surface area contributed by atoms with Crippen LogP contribution in [0.15, 0.2) is 21.9 Å². The van der Waals surface area contributed by atoms with E-state index in [1.54, 1.807) is 11.3 Å². The van der Waals surface area contributed by atoms with Crippen molar-refractivity contribution in [2.75, 3.05) is 18.0 Å². The highest BCUT2D eigenvalue weighted by Gasteiger charge is 2.33. The normalized spacial score (nSPS) is 18.3. The fraction of sp³-hybridized carbons (Fsp3) is 0.364. The van der Waals surface area contributed by atoms with Crippen molar-refractivity contribution >= 4 is 45.5 Å². The van der Waals surface area contributed by atoms with Crippen molar-refractivity contribution in [2.24, 2.45) is 0 Å². The fourth-order valence-corrected chi connectivity index (χ4v) is 4.34. The van der Waals surface area contributed by atoms with Crippen LogP contribution in [0.4, 0.5) is 5.13 Å². The second-order valence-electron chi connectivity index (χ2n) is 4.10. The van der Waals surface area contributed by atoms with Crippen LogP contribution in [-0.2, 0) is 4.79 Å². The molecule has 8 heteroatoms. The van der Waals surface area contributed by atoms with Gasteiger partial charge < -0.3 is 10.6 Å². The first-order chi connectivity index (χ1) is 9.24. The number of amides is 1. The molecule has 1 fully saturated rings.